The molecule has 0 saturated carbocycles. The van der Waals surface area contributed by atoms with Crippen LogP contribution in [0.25, 0.3) is 0 Å². The Kier molecular flexibility index (Phi) is 5.21. The van der Waals surface area contributed by atoms with E-state index in [1.54, 1.807) is 12.1 Å². The largest absolute Gasteiger partial charge is 0.388 e. The first-order chi connectivity index (χ1) is 10.6. The molecule has 1 aliphatic heterocycles. The van der Waals surface area contributed by atoms with Crippen LogP contribution in [0.3, 0.4) is 0 Å². The molecule has 5 nitrogen and oxygen atoms in total. The van der Waals surface area contributed by atoms with E-state index in [1.165, 1.54) is 4.31 Å². The molecule has 0 aliphatic carbocycles. The minimum Gasteiger partial charge on any atom is -0.388 e. The second-order valence-corrected chi connectivity index (χ2v) is 9.03. The lowest BCUT2D eigenvalue weighted by Gasteiger charge is -2.36. The molecular weight excluding hydrogens is 312 g/mol. The minimum absolute atomic E-state index is 0.0328. The van der Waals surface area contributed by atoms with Crippen LogP contribution in [0.4, 0.5) is 0 Å². The highest BCUT2D eigenvalue weighted by molar-refractivity contribution is 7.89. The summed E-state index contributed by atoms with van der Waals surface area (Å²) < 4.78 is 26.9. The van der Waals surface area contributed by atoms with Gasteiger partial charge in [-0.3, -0.25) is 0 Å². The van der Waals surface area contributed by atoms with Gasteiger partial charge in [0.05, 0.1) is 10.5 Å². The van der Waals surface area contributed by atoms with E-state index in [1.807, 2.05) is 12.1 Å². The van der Waals surface area contributed by atoms with Gasteiger partial charge < -0.3 is 10.8 Å². The predicted octanol–water partition coefficient (Wildman–Crippen LogP) is 1.85. The highest BCUT2D eigenvalue weighted by atomic mass is 32.2. The number of nitrogens with zero attached hydrogens (tertiary/aromatic N) is 1. The highest BCUT2D eigenvalue weighted by Crippen LogP contribution is 2.29. The van der Waals surface area contributed by atoms with Crippen molar-refractivity contribution in [2.24, 2.45) is 5.73 Å². The Hall–Kier alpha value is -0.950. The smallest absolute Gasteiger partial charge is 0.243 e. The molecule has 1 fully saturated rings. The third-order valence-electron chi connectivity index (χ3n) is 5.19. The molecule has 0 radical (unpaired) electrons. The lowest BCUT2D eigenvalue weighted by Crippen LogP contribution is -2.50. The van der Waals surface area contributed by atoms with Crippen LogP contribution in [-0.4, -0.2) is 43.1 Å². The van der Waals surface area contributed by atoms with Gasteiger partial charge in [-0.1, -0.05) is 32.9 Å². The fourth-order valence-electron chi connectivity index (χ4n) is 2.78. The Balaban J connectivity index is 2.18. The van der Waals surface area contributed by atoms with Crippen molar-refractivity contribution in [2.45, 2.75) is 55.9 Å². The van der Waals surface area contributed by atoms with E-state index < -0.39 is 15.6 Å². The van der Waals surface area contributed by atoms with Gasteiger partial charge in [0.1, 0.15) is 0 Å². The number of benzene rings is 1. The second-order valence-electron chi connectivity index (χ2n) is 7.09. The van der Waals surface area contributed by atoms with Crippen molar-refractivity contribution in [1.29, 1.82) is 0 Å². The normalized spacial score (nSPS) is 19.7. The topological polar surface area (TPSA) is 83.6 Å². The van der Waals surface area contributed by atoms with Crippen molar-refractivity contribution in [1.82, 2.24) is 4.31 Å². The lowest BCUT2D eigenvalue weighted by atomic mass is 9.82. The van der Waals surface area contributed by atoms with Crippen molar-refractivity contribution in [3.63, 3.8) is 0 Å². The van der Waals surface area contributed by atoms with Crippen LogP contribution in [0, 0.1) is 0 Å². The van der Waals surface area contributed by atoms with Gasteiger partial charge in [0.2, 0.25) is 10.0 Å². The van der Waals surface area contributed by atoms with Gasteiger partial charge in [-0.25, -0.2) is 8.42 Å². The first-order valence-electron chi connectivity index (χ1n) is 8.18. The fraction of sp³-hybridized carbons (Fsp3) is 0.647. The van der Waals surface area contributed by atoms with E-state index in [2.05, 4.69) is 20.8 Å². The number of hydrogen-bond acceptors (Lipinski definition) is 4. The molecule has 0 unspecified atom stereocenters. The maximum Gasteiger partial charge on any atom is 0.243 e. The molecule has 1 aliphatic rings. The third kappa shape index (κ3) is 3.76. The number of nitrogens with two attached hydrogens (primary N) is 1. The van der Waals surface area contributed by atoms with Gasteiger partial charge in [0.25, 0.3) is 0 Å². The molecular formula is C17H28N2O3S. The summed E-state index contributed by atoms with van der Waals surface area (Å²) in [6.45, 7) is 7.19. The summed E-state index contributed by atoms with van der Waals surface area (Å²) in [6.07, 6.45) is 1.75. The molecule has 23 heavy (non-hydrogen) atoms. The number of aliphatic hydroxyl groups is 1. The molecule has 1 aromatic rings. The van der Waals surface area contributed by atoms with Gasteiger partial charge in [-0.2, -0.15) is 4.31 Å². The molecule has 1 heterocycles. The zero-order chi connectivity index (χ0) is 17.3. The average molecular weight is 340 g/mol. The molecule has 3 N–H and O–H groups in total. The summed E-state index contributed by atoms with van der Waals surface area (Å²) >= 11 is 0. The van der Waals surface area contributed by atoms with Crippen LogP contribution in [0.1, 0.15) is 45.6 Å². The quantitative estimate of drug-likeness (QED) is 0.857. The number of piperidine rings is 1. The Morgan fingerprint density at radius 3 is 2.17 bits per heavy atom. The monoisotopic (exact) mass is 340 g/mol. The summed E-state index contributed by atoms with van der Waals surface area (Å²) in [7, 11) is -3.51. The molecule has 130 valence electrons. The first kappa shape index (κ1) is 18.4. The summed E-state index contributed by atoms with van der Waals surface area (Å²) in [5, 5.41) is 10.1. The van der Waals surface area contributed by atoms with Crippen LogP contribution in [0.5, 0.6) is 0 Å². The first-order valence-corrected chi connectivity index (χ1v) is 9.62. The Labute approximate surface area is 139 Å². The third-order valence-corrected chi connectivity index (χ3v) is 7.10. The van der Waals surface area contributed by atoms with Crippen LogP contribution in [0.15, 0.2) is 29.2 Å². The SMILES string of the molecule is CCC(C)(C)c1ccc(S(=O)(=O)N2CCC(O)(CN)CC2)cc1. The lowest BCUT2D eigenvalue weighted by molar-refractivity contribution is 0.00344. The summed E-state index contributed by atoms with van der Waals surface area (Å²) in [6, 6.07) is 7.17. The van der Waals surface area contributed by atoms with E-state index in [0.717, 1.165) is 12.0 Å². The molecule has 0 aromatic heterocycles. The summed E-state index contributed by atoms with van der Waals surface area (Å²) in [5.74, 6) is 0. The van der Waals surface area contributed by atoms with E-state index in [4.69, 9.17) is 5.73 Å². The molecule has 0 bridgehead atoms. The van der Waals surface area contributed by atoms with Crippen LogP contribution in [0.2, 0.25) is 0 Å². The molecule has 0 spiro atoms. The number of hydrogen-bond donors (Lipinski definition) is 2. The zero-order valence-electron chi connectivity index (χ0n) is 14.2. The van der Waals surface area contributed by atoms with Gasteiger partial charge in [0.15, 0.2) is 0 Å². The minimum atomic E-state index is -3.51. The van der Waals surface area contributed by atoms with Crippen molar-refractivity contribution < 1.29 is 13.5 Å². The molecule has 6 heteroatoms. The van der Waals surface area contributed by atoms with Gasteiger partial charge in [-0.15, -0.1) is 0 Å². The van der Waals surface area contributed by atoms with E-state index in [0.29, 0.717) is 30.8 Å². The van der Waals surface area contributed by atoms with Crippen LogP contribution in [-0.2, 0) is 15.4 Å². The highest BCUT2D eigenvalue weighted by Gasteiger charge is 2.36. The number of rotatable bonds is 5. The molecule has 0 amide bonds. The van der Waals surface area contributed by atoms with Gasteiger partial charge in [0, 0.05) is 19.6 Å². The Morgan fingerprint density at radius 1 is 1.22 bits per heavy atom. The van der Waals surface area contributed by atoms with Crippen molar-refractivity contribution in [3.05, 3.63) is 29.8 Å². The standard InChI is InChI=1S/C17H28N2O3S/c1-4-16(2,3)14-5-7-15(8-6-14)23(21,22)19-11-9-17(20,13-18)10-12-19/h5-8,20H,4,9-13,18H2,1-3H3. The van der Waals surface area contributed by atoms with Crippen molar-refractivity contribution in [2.75, 3.05) is 19.6 Å². The van der Waals surface area contributed by atoms with Crippen molar-refractivity contribution >= 4 is 10.0 Å². The maximum atomic E-state index is 12.7. The fourth-order valence-corrected chi connectivity index (χ4v) is 4.22. The van der Waals surface area contributed by atoms with Gasteiger partial charge in [-0.05, 0) is 42.4 Å². The van der Waals surface area contributed by atoms with Crippen LogP contribution < -0.4 is 5.73 Å². The van der Waals surface area contributed by atoms with Crippen LogP contribution >= 0.6 is 0 Å². The second kappa shape index (κ2) is 6.51. The zero-order valence-corrected chi connectivity index (χ0v) is 15.1. The van der Waals surface area contributed by atoms with Crippen molar-refractivity contribution in [3.8, 4) is 0 Å². The molecule has 1 aromatic carbocycles. The predicted molar refractivity (Wildman–Crippen MR) is 91.8 cm³/mol. The Bertz CT molecular complexity index is 630. The average Bonchev–Trinajstić information content (AvgIpc) is 2.55. The maximum absolute atomic E-state index is 12.7. The van der Waals surface area contributed by atoms with E-state index in [-0.39, 0.29) is 12.0 Å². The van der Waals surface area contributed by atoms with E-state index >= 15 is 0 Å². The molecule has 1 saturated heterocycles. The van der Waals surface area contributed by atoms with E-state index in [9.17, 15) is 13.5 Å². The molecule has 0 atom stereocenters. The summed E-state index contributed by atoms with van der Waals surface area (Å²) in [4.78, 5) is 0.311. The number of sulfonamides is 1. The molecule has 2 rings (SSSR count). The van der Waals surface area contributed by atoms with Gasteiger partial charge >= 0.3 is 0 Å². The summed E-state index contributed by atoms with van der Waals surface area (Å²) in [5.41, 5.74) is 5.79. The Morgan fingerprint density at radius 2 is 1.74 bits per heavy atom.